The normalized spacial score (nSPS) is 12.6. The molecule has 0 amide bonds. The number of thiazole rings is 1. The molecule has 0 bridgehead atoms. The Hall–Kier alpha value is -1.19. The highest BCUT2D eigenvalue weighted by Gasteiger charge is 2.10. The summed E-state index contributed by atoms with van der Waals surface area (Å²) in [5.41, 5.74) is 1.33. The molecule has 0 fully saturated rings. The third kappa shape index (κ3) is 3.65. The fourth-order valence-corrected chi connectivity index (χ4v) is 2.62. The first-order valence-corrected chi connectivity index (χ1v) is 6.71. The lowest BCUT2D eigenvalue weighted by Crippen LogP contribution is -1.96. The summed E-state index contributed by atoms with van der Waals surface area (Å²) in [5.74, 6) is 0. The Morgan fingerprint density at radius 2 is 2.06 bits per heavy atom. The van der Waals surface area contributed by atoms with Crippen molar-refractivity contribution in [2.75, 3.05) is 0 Å². The molecule has 1 aromatic carbocycles. The van der Waals surface area contributed by atoms with Gasteiger partial charge in [-0.1, -0.05) is 30.3 Å². The van der Waals surface area contributed by atoms with Crippen LogP contribution in [-0.2, 0) is 6.42 Å². The maximum absolute atomic E-state index is 9.98. The average molecular weight is 247 g/mol. The van der Waals surface area contributed by atoms with E-state index >= 15 is 0 Å². The van der Waals surface area contributed by atoms with Crippen molar-refractivity contribution < 1.29 is 5.11 Å². The molecule has 1 heterocycles. The highest BCUT2D eigenvalue weighted by Crippen LogP contribution is 2.24. The number of rotatable bonds is 5. The van der Waals surface area contributed by atoms with Gasteiger partial charge in [-0.25, -0.2) is 4.98 Å². The van der Waals surface area contributed by atoms with E-state index in [4.69, 9.17) is 0 Å². The van der Waals surface area contributed by atoms with Crippen molar-refractivity contribution in [2.24, 2.45) is 0 Å². The summed E-state index contributed by atoms with van der Waals surface area (Å²) in [5, 5.41) is 11.0. The summed E-state index contributed by atoms with van der Waals surface area (Å²) >= 11 is 1.58. The van der Waals surface area contributed by atoms with E-state index in [1.54, 1.807) is 17.5 Å². The molecule has 2 rings (SSSR count). The maximum Gasteiger partial charge on any atom is 0.0898 e. The zero-order valence-corrected chi connectivity index (χ0v) is 10.8. The Labute approximate surface area is 106 Å². The molecule has 2 nitrogen and oxygen atoms in total. The van der Waals surface area contributed by atoms with E-state index in [9.17, 15) is 5.11 Å². The fraction of sp³-hybridized carbons (Fsp3) is 0.357. The summed E-state index contributed by atoms with van der Waals surface area (Å²) in [7, 11) is 0. The molecule has 0 radical (unpaired) electrons. The first-order valence-electron chi connectivity index (χ1n) is 5.90. The molecule has 1 N–H and O–H groups in total. The summed E-state index contributed by atoms with van der Waals surface area (Å²) in [4.78, 5) is 5.14. The van der Waals surface area contributed by atoms with Gasteiger partial charge in [0.1, 0.15) is 0 Å². The monoisotopic (exact) mass is 247 g/mol. The smallest absolute Gasteiger partial charge is 0.0898 e. The Kier molecular flexibility index (Phi) is 4.29. The Bertz CT molecular complexity index is 452. The second kappa shape index (κ2) is 5.94. The quantitative estimate of drug-likeness (QED) is 0.877. The minimum absolute atomic E-state index is 0.357. The number of hydrogen-bond donors (Lipinski definition) is 1. The van der Waals surface area contributed by atoms with Gasteiger partial charge >= 0.3 is 0 Å². The number of aromatic nitrogens is 1. The van der Waals surface area contributed by atoms with Gasteiger partial charge in [0, 0.05) is 6.20 Å². The Balaban J connectivity index is 1.79. The molecule has 0 aliphatic carbocycles. The summed E-state index contributed by atoms with van der Waals surface area (Å²) in [6, 6.07) is 10.4. The van der Waals surface area contributed by atoms with Crippen LogP contribution in [0.15, 0.2) is 36.5 Å². The van der Waals surface area contributed by atoms with Gasteiger partial charge in [0.2, 0.25) is 0 Å². The van der Waals surface area contributed by atoms with Gasteiger partial charge in [0.25, 0.3) is 0 Å². The van der Waals surface area contributed by atoms with Crippen LogP contribution in [0.4, 0.5) is 0 Å². The van der Waals surface area contributed by atoms with Crippen molar-refractivity contribution in [2.45, 2.75) is 32.3 Å². The molecule has 0 spiro atoms. The molecule has 0 aliphatic heterocycles. The van der Waals surface area contributed by atoms with Crippen LogP contribution in [0.25, 0.3) is 0 Å². The zero-order chi connectivity index (χ0) is 12.1. The van der Waals surface area contributed by atoms with Crippen LogP contribution in [0.5, 0.6) is 0 Å². The number of aliphatic hydroxyl groups excluding tert-OH is 1. The van der Waals surface area contributed by atoms with Crippen LogP contribution in [0.1, 0.15) is 34.4 Å². The summed E-state index contributed by atoms with van der Waals surface area (Å²) < 4.78 is 0. The van der Waals surface area contributed by atoms with Crippen molar-refractivity contribution in [3.8, 4) is 0 Å². The highest BCUT2D eigenvalue weighted by atomic mass is 32.1. The summed E-state index contributed by atoms with van der Waals surface area (Å²) in [6.45, 7) is 1.96. The van der Waals surface area contributed by atoms with Crippen LogP contribution in [0, 0.1) is 6.92 Å². The van der Waals surface area contributed by atoms with Gasteiger partial charge in [-0.2, -0.15) is 0 Å². The molecule has 1 aromatic heterocycles. The average Bonchev–Trinajstić information content (AvgIpc) is 2.77. The first kappa shape index (κ1) is 12.3. The lowest BCUT2D eigenvalue weighted by Gasteiger charge is -2.07. The number of benzene rings is 1. The van der Waals surface area contributed by atoms with Crippen molar-refractivity contribution in [3.63, 3.8) is 0 Å². The topological polar surface area (TPSA) is 33.1 Å². The molecule has 3 heteroatoms. The predicted octanol–water partition coefficient (Wildman–Crippen LogP) is 3.51. The second-order valence-corrected chi connectivity index (χ2v) is 5.44. The Morgan fingerprint density at radius 3 is 2.71 bits per heavy atom. The minimum atomic E-state index is -0.357. The van der Waals surface area contributed by atoms with E-state index < -0.39 is 0 Å². The minimum Gasteiger partial charge on any atom is -0.388 e. The maximum atomic E-state index is 9.98. The molecule has 0 saturated heterocycles. The molecule has 1 atom stereocenters. The number of hydrogen-bond acceptors (Lipinski definition) is 3. The second-order valence-electron chi connectivity index (χ2n) is 4.18. The van der Waals surface area contributed by atoms with Gasteiger partial charge < -0.3 is 5.11 Å². The summed E-state index contributed by atoms with van der Waals surface area (Å²) in [6.07, 6.45) is 4.26. The van der Waals surface area contributed by atoms with Crippen LogP contribution >= 0.6 is 11.3 Å². The molecule has 1 unspecified atom stereocenters. The molecule has 90 valence electrons. The number of nitrogens with zero attached hydrogens (tertiary/aromatic N) is 1. The van der Waals surface area contributed by atoms with Gasteiger partial charge in [0.05, 0.1) is 16.0 Å². The SMILES string of the molecule is Cc1ncc(C(O)CCCc2ccccc2)s1. The van der Waals surface area contributed by atoms with E-state index in [0.717, 1.165) is 29.1 Å². The highest BCUT2D eigenvalue weighted by molar-refractivity contribution is 7.11. The number of aliphatic hydroxyl groups is 1. The molecule has 2 aromatic rings. The number of aryl methyl sites for hydroxylation is 2. The van der Waals surface area contributed by atoms with Crippen LogP contribution < -0.4 is 0 Å². The lowest BCUT2D eigenvalue weighted by molar-refractivity contribution is 0.168. The van der Waals surface area contributed by atoms with E-state index in [1.807, 2.05) is 13.0 Å². The van der Waals surface area contributed by atoms with Crippen molar-refractivity contribution in [1.82, 2.24) is 4.98 Å². The van der Waals surface area contributed by atoms with Crippen LogP contribution in [0.3, 0.4) is 0 Å². The van der Waals surface area contributed by atoms with Gasteiger partial charge in [-0.3, -0.25) is 0 Å². The molecular formula is C14H17NOS. The van der Waals surface area contributed by atoms with Gasteiger partial charge in [-0.05, 0) is 31.7 Å². The first-order chi connectivity index (χ1) is 8.25. The van der Waals surface area contributed by atoms with Crippen molar-refractivity contribution in [3.05, 3.63) is 52.0 Å². The van der Waals surface area contributed by atoms with Crippen LogP contribution in [-0.4, -0.2) is 10.1 Å². The third-order valence-corrected chi connectivity index (χ3v) is 3.77. The lowest BCUT2D eigenvalue weighted by atomic mass is 10.1. The van der Waals surface area contributed by atoms with Crippen molar-refractivity contribution in [1.29, 1.82) is 0 Å². The fourth-order valence-electron chi connectivity index (χ4n) is 1.82. The van der Waals surface area contributed by atoms with Crippen LogP contribution in [0.2, 0.25) is 0 Å². The molecule has 0 saturated carbocycles. The standard InChI is InChI=1S/C14H17NOS/c1-11-15-10-14(17-11)13(16)9-5-8-12-6-3-2-4-7-12/h2-4,6-7,10,13,16H,5,8-9H2,1H3. The van der Waals surface area contributed by atoms with E-state index in [-0.39, 0.29) is 6.10 Å². The third-order valence-electron chi connectivity index (χ3n) is 2.75. The molecule has 17 heavy (non-hydrogen) atoms. The van der Waals surface area contributed by atoms with E-state index in [1.165, 1.54) is 5.56 Å². The molecular weight excluding hydrogens is 230 g/mol. The van der Waals surface area contributed by atoms with Gasteiger partial charge in [-0.15, -0.1) is 11.3 Å². The van der Waals surface area contributed by atoms with Crippen molar-refractivity contribution >= 4 is 11.3 Å². The largest absolute Gasteiger partial charge is 0.388 e. The Morgan fingerprint density at radius 1 is 1.29 bits per heavy atom. The van der Waals surface area contributed by atoms with Gasteiger partial charge in [0.15, 0.2) is 0 Å². The van der Waals surface area contributed by atoms with E-state index in [0.29, 0.717) is 0 Å². The molecule has 0 aliphatic rings. The predicted molar refractivity (Wildman–Crippen MR) is 71.2 cm³/mol. The zero-order valence-electron chi connectivity index (χ0n) is 9.97. The van der Waals surface area contributed by atoms with E-state index in [2.05, 4.69) is 29.2 Å².